The highest BCUT2D eigenvalue weighted by Crippen LogP contribution is 2.19. The molecule has 0 radical (unpaired) electrons. The Morgan fingerprint density at radius 2 is 2.26 bits per heavy atom. The lowest BCUT2D eigenvalue weighted by Crippen LogP contribution is -2.39. The topological polar surface area (TPSA) is 67.3 Å². The van der Waals surface area contributed by atoms with E-state index < -0.39 is 0 Å². The summed E-state index contributed by atoms with van der Waals surface area (Å²) in [6, 6.07) is 7.18. The molecule has 7 heteroatoms. The van der Waals surface area contributed by atoms with Crippen molar-refractivity contribution in [1.29, 1.82) is 0 Å². The number of amides is 2. The molecule has 122 valence electrons. The summed E-state index contributed by atoms with van der Waals surface area (Å²) >= 11 is 5.99. The average Bonchev–Trinajstić information content (AvgIpc) is 2.56. The fourth-order valence-corrected chi connectivity index (χ4v) is 2.28. The number of urea groups is 1. The van der Waals surface area contributed by atoms with Crippen molar-refractivity contribution in [3.63, 3.8) is 0 Å². The lowest BCUT2D eigenvalue weighted by Gasteiger charge is -2.21. The molecule has 0 bridgehead atoms. The molecule has 6 nitrogen and oxygen atoms in total. The number of hydrogen-bond acceptors (Lipinski definition) is 4. The third kappa shape index (κ3) is 5.19. The van der Waals surface area contributed by atoms with E-state index in [-0.39, 0.29) is 12.1 Å². The van der Waals surface area contributed by atoms with E-state index in [4.69, 9.17) is 16.3 Å². The van der Waals surface area contributed by atoms with Crippen LogP contribution in [-0.2, 0) is 11.3 Å². The van der Waals surface area contributed by atoms with Gasteiger partial charge in [-0.3, -0.25) is 9.97 Å². The number of nitrogens with zero attached hydrogens (tertiary/aromatic N) is 3. The molecule has 0 saturated heterocycles. The largest absolute Gasteiger partial charge is 0.375 e. The third-order valence-corrected chi connectivity index (χ3v) is 3.54. The van der Waals surface area contributed by atoms with Crippen LogP contribution in [0.3, 0.4) is 0 Å². The van der Waals surface area contributed by atoms with Crippen molar-refractivity contribution in [3.8, 4) is 0 Å². The summed E-state index contributed by atoms with van der Waals surface area (Å²) in [5.41, 5.74) is 1.64. The Morgan fingerprint density at radius 3 is 2.91 bits per heavy atom. The first-order valence-corrected chi connectivity index (χ1v) is 7.50. The average molecular weight is 335 g/mol. The molecule has 1 aromatic carbocycles. The second-order valence-corrected chi connectivity index (χ2v) is 5.45. The molecule has 0 fully saturated rings. The Labute approximate surface area is 140 Å². The van der Waals surface area contributed by atoms with Crippen molar-refractivity contribution >= 4 is 17.6 Å². The maximum Gasteiger partial charge on any atom is 0.317 e. The Hall–Kier alpha value is -2.18. The Balaban J connectivity index is 1.89. The third-order valence-electron chi connectivity index (χ3n) is 3.31. The van der Waals surface area contributed by atoms with Crippen LogP contribution in [0.4, 0.5) is 4.79 Å². The molecule has 0 aliphatic heterocycles. The van der Waals surface area contributed by atoms with Crippen LogP contribution >= 0.6 is 11.6 Å². The van der Waals surface area contributed by atoms with Crippen molar-refractivity contribution in [3.05, 3.63) is 59.1 Å². The molecule has 2 aromatic rings. The number of benzene rings is 1. The van der Waals surface area contributed by atoms with Gasteiger partial charge in [-0.05, 0) is 17.7 Å². The normalized spacial score (nSPS) is 11.8. The Bertz CT molecular complexity index is 639. The molecule has 2 amide bonds. The number of nitrogens with one attached hydrogen (secondary N) is 1. The molecule has 1 N–H and O–H groups in total. The fraction of sp³-hybridized carbons (Fsp3) is 0.312. The summed E-state index contributed by atoms with van der Waals surface area (Å²) in [6.07, 6.45) is 4.56. The van der Waals surface area contributed by atoms with E-state index in [1.807, 2.05) is 18.2 Å². The number of methoxy groups -OCH3 is 1. The molecule has 1 heterocycles. The number of halogens is 1. The van der Waals surface area contributed by atoms with Gasteiger partial charge in [-0.25, -0.2) is 4.79 Å². The zero-order valence-electron chi connectivity index (χ0n) is 13.1. The summed E-state index contributed by atoms with van der Waals surface area (Å²) < 4.78 is 5.43. The van der Waals surface area contributed by atoms with Gasteiger partial charge in [0.15, 0.2) is 0 Å². The summed E-state index contributed by atoms with van der Waals surface area (Å²) in [5.74, 6) is 0. The predicted molar refractivity (Wildman–Crippen MR) is 88.1 cm³/mol. The van der Waals surface area contributed by atoms with Gasteiger partial charge in [0, 0.05) is 38.1 Å². The molecule has 23 heavy (non-hydrogen) atoms. The van der Waals surface area contributed by atoms with Gasteiger partial charge in [0.2, 0.25) is 0 Å². The van der Waals surface area contributed by atoms with Crippen molar-refractivity contribution < 1.29 is 9.53 Å². The lowest BCUT2D eigenvalue weighted by molar-refractivity contribution is 0.102. The van der Waals surface area contributed by atoms with Crippen LogP contribution in [0.15, 0.2) is 42.9 Å². The van der Waals surface area contributed by atoms with Crippen molar-refractivity contribution in [2.45, 2.75) is 12.6 Å². The van der Waals surface area contributed by atoms with Gasteiger partial charge in [-0.15, -0.1) is 0 Å². The summed E-state index contributed by atoms with van der Waals surface area (Å²) in [4.78, 5) is 21.8. The summed E-state index contributed by atoms with van der Waals surface area (Å²) in [6.45, 7) is 0.731. The van der Waals surface area contributed by atoms with Crippen LogP contribution in [0.5, 0.6) is 0 Å². The SMILES string of the molecule is CO[C@@H](CNC(=O)N(C)Cc1cnccn1)c1cccc(Cl)c1. The van der Waals surface area contributed by atoms with Gasteiger partial charge < -0.3 is 15.0 Å². The van der Waals surface area contributed by atoms with Crippen molar-refractivity contribution in [2.75, 3.05) is 20.7 Å². The number of rotatable bonds is 6. The van der Waals surface area contributed by atoms with Gasteiger partial charge in [0.25, 0.3) is 0 Å². The molecule has 1 aromatic heterocycles. The van der Waals surface area contributed by atoms with Crippen LogP contribution in [0.25, 0.3) is 0 Å². The number of aromatic nitrogens is 2. The Morgan fingerprint density at radius 1 is 1.43 bits per heavy atom. The summed E-state index contributed by atoms with van der Waals surface area (Å²) in [7, 11) is 3.30. The number of carbonyl (C=O) groups is 1. The first-order chi connectivity index (χ1) is 11.1. The van der Waals surface area contributed by atoms with E-state index in [2.05, 4.69) is 15.3 Å². The smallest absolute Gasteiger partial charge is 0.317 e. The van der Waals surface area contributed by atoms with E-state index in [0.717, 1.165) is 11.3 Å². The van der Waals surface area contributed by atoms with Gasteiger partial charge in [0.1, 0.15) is 0 Å². The molecular formula is C16H19ClN4O2. The number of carbonyl (C=O) groups excluding carboxylic acids is 1. The van der Waals surface area contributed by atoms with Gasteiger partial charge in [-0.1, -0.05) is 23.7 Å². The minimum atomic E-state index is -0.262. The molecule has 0 saturated carbocycles. The first-order valence-electron chi connectivity index (χ1n) is 7.12. The van der Waals surface area contributed by atoms with E-state index in [9.17, 15) is 4.79 Å². The predicted octanol–water partition coefficient (Wildman–Crippen LogP) is 2.66. The maximum atomic E-state index is 12.2. The highest BCUT2D eigenvalue weighted by Gasteiger charge is 2.15. The molecule has 0 unspecified atom stereocenters. The van der Waals surface area contributed by atoms with Gasteiger partial charge >= 0.3 is 6.03 Å². The molecule has 1 atom stereocenters. The Kier molecular flexibility index (Phi) is 6.31. The van der Waals surface area contributed by atoms with Gasteiger partial charge in [-0.2, -0.15) is 0 Å². The monoisotopic (exact) mass is 334 g/mol. The van der Waals surface area contributed by atoms with Gasteiger partial charge in [0.05, 0.1) is 24.5 Å². The summed E-state index contributed by atoms with van der Waals surface area (Å²) in [5, 5.41) is 3.48. The quantitative estimate of drug-likeness (QED) is 0.882. The molecule has 2 rings (SSSR count). The zero-order valence-corrected chi connectivity index (χ0v) is 13.8. The van der Waals surface area contributed by atoms with E-state index in [1.165, 1.54) is 4.90 Å². The van der Waals surface area contributed by atoms with Crippen LogP contribution in [0, 0.1) is 0 Å². The minimum absolute atomic E-state index is 0.209. The first kappa shape index (κ1) is 17.2. The lowest BCUT2D eigenvalue weighted by atomic mass is 10.1. The standard InChI is InChI=1S/C16H19ClN4O2/c1-21(11-14-9-18-6-7-19-14)16(22)20-10-15(23-2)12-4-3-5-13(17)8-12/h3-9,15H,10-11H2,1-2H3,(H,20,22)/t15-/m0/s1. The molecule has 0 aliphatic carbocycles. The van der Waals surface area contributed by atoms with Crippen molar-refractivity contribution in [2.24, 2.45) is 0 Å². The number of hydrogen-bond donors (Lipinski definition) is 1. The highest BCUT2D eigenvalue weighted by atomic mass is 35.5. The van der Waals surface area contributed by atoms with Crippen LogP contribution in [0.1, 0.15) is 17.4 Å². The molecule has 0 spiro atoms. The highest BCUT2D eigenvalue weighted by molar-refractivity contribution is 6.30. The van der Waals surface area contributed by atoms with Crippen molar-refractivity contribution in [1.82, 2.24) is 20.2 Å². The van der Waals surface area contributed by atoms with E-state index in [0.29, 0.717) is 18.1 Å². The second kappa shape index (κ2) is 8.45. The molecule has 0 aliphatic rings. The number of ether oxygens (including phenoxy) is 1. The van der Waals surface area contributed by atoms with Crippen LogP contribution in [0.2, 0.25) is 5.02 Å². The van der Waals surface area contributed by atoms with E-state index in [1.54, 1.807) is 38.8 Å². The fourth-order valence-electron chi connectivity index (χ4n) is 2.09. The van der Waals surface area contributed by atoms with Crippen LogP contribution < -0.4 is 5.32 Å². The maximum absolute atomic E-state index is 12.2. The molecular weight excluding hydrogens is 316 g/mol. The van der Waals surface area contributed by atoms with E-state index >= 15 is 0 Å². The zero-order chi connectivity index (χ0) is 16.7. The second-order valence-electron chi connectivity index (χ2n) is 5.02. The minimum Gasteiger partial charge on any atom is -0.375 e. The van der Waals surface area contributed by atoms with Crippen LogP contribution in [-0.4, -0.2) is 41.6 Å².